The van der Waals surface area contributed by atoms with Gasteiger partial charge in [-0.1, -0.05) is 24.8 Å². The van der Waals surface area contributed by atoms with E-state index in [4.69, 9.17) is 16.2 Å². The minimum atomic E-state index is -1.50. The van der Waals surface area contributed by atoms with Crippen LogP contribution in [0.15, 0.2) is 50.6 Å². The normalized spacial score (nSPS) is 18.9. The summed E-state index contributed by atoms with van der Waals surface area (Å²) in [5.41, 5.74) is 12.1. The second kappa shape index (κ2) is 14.7. The molecule has 0 aromatic rings. The van der Waals surface area contributed by atoms with Crippen LogP contribution in [0.5, 0.6) is 0 Å². The molecule has 0 heterocycles. The van der Waals surface area contributed by atoms with Gasteiger partial charge in [0.15, 0.2) is 5.79 Å². The maximum absolute atomic E-state index is 10.7. The summed E-state index contributed by atoms with van der Waals surface area (Å²) in [5, 5.41) is 29.7. The number of hydrogen-bond donors (Lipinski definition) is 5. The van der Waals surface area contributed by atoms with Crippen LogP contribution in [0.3, 0.4) is 0 Å². The van der Waals surface area contributed by atoms with Crippen molar-refractivity contribution < 1.29 is 20.1 Å². The molecular formula is C22H40N2O4. The molecule has 0 saturated carbocycles. The van der Waals surface area contributed by atoms with Crippen LogP contribution < -0.4 is 11.5 Å². The van der Waals surface area contributed by atoms with Crippen LogP contribution in [0.25, 0.3) is 0 Å². The summed E-state index contributed by atoms with van der Waals surface area (Å²) >= 11 is 0. The van der Waals surface area contributed by atoms with Gasteiger partial charge >= 0.3 is 0 Å². The van der Waals surface area contributed by atoms with Crippen LogP contribution in [-0.4, -0.2) is 51.5 Å². The lowest BCUT2D eigenvalue weighted by Gasteiger charge is -2.30. The van der Waals surface area contributed by atoms with Gasteiger partial charge in [-0.15, -0.1) is 19.7 Å². The van der Waals surface area contributed by atoms with E-state index in [-0.39, 0.29) is 18.2 Å². The number of rotatable bonds is 18. The van der Waals surface area contributed by atoms with E-state index in [0.29, 0.717) is 51.4 Å². The predicted molar refractivity (Wildman–Crippen MR) is 116 cm³/mol. The number of hydrogen-bond acceptors (Lipinski definition) is 6. The Balaban J connectivity index is 4.43. The molecule has 0 aromatic carbocycles. The molecule has 6 unspecified atom stereocenters. The molecule has 0 rings (SSSR count). The van der Waals surface area contributed by atoms with Gasteiger partial charge in [-0.05, 0) is 51.0 Å². The molecule has 0 amide bonds. The van der Waals surface area contributed by atoms with E-state index in [2.05, 4.69) is 26.3 Å². The Kier molecular flexibility index (Phi) is 14.0. The third kappa shape index (κ3) is 12.2. The molecule has 0 aliphatic rings. The molecule has 6 heteroatoms. The molecule has 0 fully saturated rings. The first-order chi connectivity index (χ1) is 13.2. The van der Waals surface area contributed by atoms with Gasteiger partial charge in [0.1, 0.15) is 0 Å². The topological polar surface area (TPSA) is 122 Å². The van der Waals surface area contributed by atoms with E-state index in [1.54, 1.807) is 6.08 Å². The monoisotopic (exact) mass is 396 g/mol. The average Bonchev–Trinajstić information content (AvgIpc) is 2.71. The Labute approximate surface area is 170 Å². The van der Waals surface area contributed by atoms with Crippen molar-refractivity contribution in [2.24, 2.45) is 11.5 Å². The van der Waals surface area contributed by atoms with E-state index < -0.39 is 18.0 Å². The quantitative estimate of drug-likeness (QED) is 0.179. The molecule has 7 N–H and O–H groups in total. The largest absolute Gasteiger partial charge is 0.389 e. The second-order valence-corrected chi connectivity index (χ2v) is 7.34. The summed E-state index contributed by atoms with van der Waals surface area (Å²) < 4.78 is 5.81. The first-order valence-corrected chi connectivity index (χ1v) is 9.98. The van der Waals surface area contributed by atoms with Crippen molar-refractivity contribution in [3.63, 3.8) is 0 Å². The zero-order chi connectivity index (χ0) is 21.6. The SMILES string of the molecule is C=CC(O)CCC(N)CCC(C=C)OC(O)(C=C)CCC(N)CCC(O)C=C. The van der Waals surface area contributed by atoms with Crippen molar-refractivity contribution in [2.75, 3.05) is 0 Å². The van der Waals surface area contributed by atoms with E-state index in [1.165, 1.54) is 18.2 Å². The fraction of sp³-hybridized carbons (Fsp3) is 0.636. The minimum absolute atomic E-state index is 0.0813. The van der Waals surface area contributed by atoms with Crippen LogP contribution in [-0.2, 0) is 4.74 Å². The molecular weight excluding hydrogens is 356 g/mol. The maximum Gasteiger partial charge on any atom is 0.185 e. The first kappa shape index (κ1) is 26.7. The molecule has 6 nitrogen and oxygen atoms in total. The Morgan fingerprint density at radius 3 is 1.64 bits per heavy atom. The first-order valence-electron chi connectivity index (χ1n) is 9.98. The minimum Gasteiger partial charge on any atom is -0.389 e. The Hall–Kier alpha value is -1.28. The van der Waals surface area contributed by atoms with E-state index >= 15 is 0 Å². The van der Waals surface area contributed by atoms with Crippen molar-refractivity contribution in [2.45, 2.75) is 87.5 Å². The fourth-order valence-corrected chi connectivity index (χ4v) is 2.76. The van der Waals surface area contributed by atoms with Gasteiger partial charge in [-0.25, -0.2) is 0 Å². The lowest BCUT2D eigenvalue weighted by atomic mass is 9.99. The van der Waals surface area contributed by atoms with E-state index in [0.717, 1.165) is 0 Å². The highest BCUT2D eigenvalue weighted by Crippen LogP contribution is 2.23. The Morgan fingerprint density at radius 1 is 0.750 bits per heavy atom. The zero-order valence-electron chi connectivity index (χ0n) is 17.1. The summed E-state index contributed by atoms with van der Waals surface area (Å²) in [4.78, 5) is 0. The van der Waals surface area contributed by atoms with E-state index in [9.17, 15) is 15.3 Å². The van der Waals surface area contributed by atoms with Gasteiger partial charge in [0.25, 0.3) is 0 Å². The standard InChI is InChI=1S/C22H40N2O4/c1-5-19(25)12-9-17(23)11-14-21(7-3)28-22(27,8-4)16-15-18(24)10-13-20(26)6-2/h5-8,17-21,25-27H,1-4,9-16,23-24H2. The average molecular weight is 397 g/mol. The summed E-state index contributed by atoms with van der Waals surface area (Å²) in [6.07, 6.45) is 8.99. The molecule has 0 saturated heterocycles. The summed E-state index contributed by atoms with van der Waals surface area (Å²) in [6.45, 7) is 14.5. The van der Waals surface area contributed by atoms with Gasteiger partial charge in [0, 0.05) is 18.5 Å². The molecule has 28 heavy (non-hydrogen) atoms. The number of aliphatic hydroxyl groups excluding tert-OH is 2. The van der Waals surface area contributed by atoms with Gasteiger partial charge in [0.2, 0.25) is 0 Å². The fourth-order valence-electron chi connectivity index (χ4n) is 2.76. The third-order valence-electron chi connectivity index (χ3n) is 4.84. The molecule has 6 atom stereocenters. The molecule has 0 radical (unpaired) electrons. The van der Waals surface area contributed by atoms with Gasteiger partial charge in [-0.3, -0.25) is 0 Å². The predicted octanol–water partition coefficient (Wildman–Crippen LogP) is 2.30. The van der Waals surface area contributed by atoms with Crippen molar-refractivity contribution in [1.82, 2.24) is 0 Å². The lowest BCUT2D eigenvalue weighted by molar-refractivity contribution is -0.192. The maximum atomic E-state index is 10.7. The smallest absolute Gasteiger partial charge is 0.185 e. The highest BCUT2D eigenvalue weighted by molar-refractivity contribution is 4.93. The van der Waals surface area contributed by atoms with Crippen molar-refractivity contribution in [1.29, 1.82) is 0 Å². The molecule has 0 aliphatic carbocycles. The van der Waals surface area contributed by atoms with Crippen molar-refractivity contribution in [3.05, 3.63) is 50.6 Å². The van der Waals surface area contributed by atoms with Gasteiger partial charge < -0.3 is 31.5 Å². The van der Waals surface area contributed by atoms with E-state index in [1.807, 2.05) is 0 Å². The summed E-state index contributed by atoms with van der Waals surface area (Å²) in [7, 11) is 0. The molecule has 0 bridgehead atoms. The Morgan fingerprint density at radius 2 is 1.21 bits per heavy atom. The number of nitrogens with two attached hydrogens (primary N) is 2. The second-order valence-electron chi connectivity index (χ2n) is 7.34. The van der Waals surface area contributed by atoms with Crippen LogP contribution in [0, 0.1) is 0 Å². The van der Waals surface area contributed by atoms with Crippen LogP contribution in [0.2, 0.25) is 0 Å². The molecule has 0 aromatic heterocycles. The van der Waals surface area contributed by atoms with Crippen molar-refractivity contribution in [3.8, 4) is 0 Å². The van der Waals surface area contributed by atoms with Crippen LogP contribution >= 0.6 is 0 Å². The number of ether oxygens (including phenoxy) is 1. The highest BCUT2D eigenvalue weighted by Gasteiger charge is 2.28. The number of aliphatic hydroxyl groups is 3. The highest BCUT2D eigenvalue weighted by atomic mass is 16.6. The van der Waals surface area contributed by atoms with Crippen LogP contribution in [0.4, 0.5) is 0 Å². The van der Waals surface area contributed by atoms with Gasteiger partial charge in [-0.2, -0.15) is 0 Å². The van der Waals surface area contributed by atoms with Gasteiger partial charge in [0.05, 0.1) is 18.3 Å². The Bertz CT molecular complexity index is 471. The molecule has 162 valence electrons. The summed E-state index contributed by atoms with van der Waals surface area (Å²) in [5.74, 6) is -1.50. The lowest BCUT2D eigenvalue weighted by Crippen LogP contribution is -2.36. The van der Waals surface area contributed by atoms with Crippen LogP contribution in [0.1, 0.15) is 51.4 Å². The third-order valence-corrected chi connectivity index (χ3v) is 4.84. The summed E-state index contributed by atoms with van der Waals surface area (Å²) in [6, 6.07) is -0.251. The molecule has 0 aliphatic heterocycles. The van der Waals surface area contributed by atoms with Crippen molar-refractivity contribution >= 4 is 0 Å². The zero-order valence-corrected chi connectivity index (χ0v) is 17.1. The molecule has 0 spiro atoms.